The van der Waals surface area contributed by atoms with Gasteiger partial charge in [0.2, 0.25) is 0 Å². The van der Waals surface area contributed by atoms with Crippen molar-refractivity contribution in [1.29, 1.82) is 0 Å². The number of benzene rings is 3. The van der Waals surface area contributed by atoms with Gasteiger partial charge in [0.15, 0.2) is 0 Å². The molecule has 1 amide bonds. The van der Waals surface area contributed by atoms with Crippen molar-refractivity contribution in [3.63, 3.8) is 0 Å². The number of fused-ring (bicyclic) bond motifs is 1. The molecule has 1 fully saturated rings. The summed E-state index contributed by atoms with van der Waals surface area (Å²) >= 11 is 0. The van der Waals surface area contributed by atoms with Gasteiger partial charge in [0.1, 0.15) is 0 Å². The molecule has 1 aliphatic carbocycles. The summed E-state index contributed by atoms with van der Waals surface area (Å²) < 4.78 is 0. The molecule has 4 rings (SSSR count). The minimum absolute atomic E-state index is 0.0337. The highest BCUT2D eigenvalue weighted by atomic mass is 16.3. The first-order chi connectivity index (χ1) is 16.1. The first kappa shape index (κ1) is 23.5. The molecule has 0 aromatic heterocycles. The molecule has 3 unspecified atom stereocenters. The van der Waals surface area contributed by atoms with E-state index >= 15 is 0 Å². The van der Waals surface area contributed by atoms with E-state index in [9.17, 15) is 9.90 Å². The lowest BCUT2D eigenvalue weighted by molar-refractivity contribution is 0.0915. The second-order valence-corrected chi connectivity index (χ2v) is 9.40. The van der Waals surface area contributed by atoms with Crippen molar-refractivity contribution in [1.82, 2.24) is 10.6 Å². The van der Waals surface area contributed by atoms with Crippen LogP contribution in [-0.4, -0.2) is 29.7 Å². The summed E-state index contributed by atoms with van der Waals surface area (Å²) in [5, 5.41) is 18.7. The van der Waals surface area contributed by atoms with Gasteiger partial charge < -0.3 is 15.7 Å². The average molecular weight is 445 g/mol. The lowest BCUT2D eigenvalue weighted by Crippen LogP contribution is -2.37. The molecule has 0 radical (unpaired) electrons. The number of aliphatic hydroxyl groups is 1. The number of nitrogens with one attached hydrogen (secondary N) is 2. The van der Waals surface area contributed by atoms with E-state index in [0.717, 1.165) is 6.42 Å². The number of rotatable bonds is 8. The molecule has 0 spiro atoms. The van der Waals surface area contributed by atoms with E-state index < -0.39 is 0 Å². The highest BCUT2D eigenvalue weighted by Crippen LogP contribution is 2.34. The van der Waals surface area contributed by atoms with Gasteiger partial charge >= 0.3 is 0 Å². The number of hydrogen-bond acceptors (Lipinski definition) is 3. The van der Waals surface area contributed by atoms with E-state index in [-0.39, 0.29) is 18.6 Å². The fraction of sp³-hybridized carbons (Fsp3) is 0.414. The zero-order valence-corrected chi connectivity index (χ0v) is 19.8. The third-order valence-electron chi connectivity index (χ3n) is 7.14. The van der Waals surface area contributed by atoms with Crippen molar-refractivity contribution in [2.45, 2.75) is 70.0 Å². The van der Waals surface area contributed by atoms with Crippen LogP contribution < -0.4 is 10.6 Å². The molecule has 1 aliphatic rings. The molecule has 0 saturated heterocycles. The first-order valence-corrected chi connectivity index (χ1v) is 12.3. The molecular weight excluding hydrogens is 408 g/mol. The van der Waals surface area contributed by atoms with Crippen LogP contribution in [0.25, 0.3) is 10.8 Å². The number of carbonyl (C=O) groups excluding carboxylic acids is 1. The van der Waals surface area contributed by atoms with Gasteiger partial charge in [-0.2, -0.15) is 0 Å². The van der Waals surface area contributed by atoms with Crippen LogP contribution in [0, 0.1) is 0 Å². The smallest absolute Gasteiger partial charge is 0.251 e. The van der Waals surface area contributed by atoms with Crippen LogP contribution >= 0.6 is 0 Å². The Kier molecular flexibility index (Phi) is 7.79. The van der Waals surface area contributed by atoms with Crippen LogP contribution in [0.4, 0.5) is 0 Å². The Balaban J connectivity index is 1.39. The van der Waals surface area contributed by atoms with E-state index in [1.807, 2.05) is 19.1 Å². The standard InChI is InChI=1S/C29H36N2O2/c1-3-25(19-32)31-29(33)23-16-14-21(15-17-23)24-10-6-11-26(18-24)30-20(2)27-13-7-9-22-8-4-5-12-28(22)27/h4-5,7-9,12-17,20,24-26,30,32H,3,6,10-11,18-19H2,1-2H3,(H,31,33)/t20?,24?,25-,26?/m1/s1. The Labute approximate surface area is 197 Å². The number of hydrogen-bond donors (Lipinski definition) is 3. The molecule has 0 bridgehead atoms. The maximum Gasteiger partial charge on any atom is 0.251 e. The predicted molar refractivity (Wildman–Crippen MR) is 136 cm³/mol. The van der Waals surface area contributed by atoms with Crippen molar-refractivity contribution in [2.24, 2.45) is 0 Å². The average Bonchev–Trinajstić information content (AvgIpc) is 2.87. The maximum absolute atomic E-state index is 12.4. The van der Waals surface area contributed by atoms with Gasteiger partial charge in [0.25, 0.3) is 5.91 Å². The summed E-state index contributed by atoms with van der Waals surface area (Å²) in [7, 11) is 0. The molecule has 1 saturated carbocycles. The summed E-state index contributed by atoms with van der Waals surface area (Å²) in [5.74, 6) is 0.392. The van der Waals surface area contributed by atoms with Gasteiger partial charge in [0, 0.05) is 17.6 Å². The summed E-state index contributed by atoms with van der Waals surface area (Å²) in [6.07, 6.45) is 5.43. The molecule has 33 heavy (non-hydrogen) atoms. The van der Waals surface area contributed by atoms with E-state index in [2.05, 4.69) is 72.2 Å². The Hall–Kier alpha value is -2.69. The molecule has 3 aromatic carbocycles. The van der Waals surface area contributed by atoms with Gasteiger partial charge in [0.05, 0.1) is 12.6 Å². The lowest BCUT2D eigenvalue weighted by atomic mass is 9.80. The quantitative estimate of drug-likeness (QED) is 0.417. The third kappa shape index (κ3) is 5.63. The molecular formula is C29H36N2O2. The van der Waals surface area contributed by atoms with Crippen LogP contribution in [-0.2, 0) is 0 Å². The Morgan fingerprint density at radius 2 is 1.79 bits per heavy atom. The van der Waals surface area contributed by atoms with Crippen LogP contribution in [0.2, 0.25) is 0 Å². The first-order valence-electron chi connectivity index (χ1n) is 12.3. The van der Waals surface area contributed by atoms with Gasteiger partial charge in [-0.25, -0.2) is 0 Å². The second-order valence-electron chi connectivity index (χ2n) is 9.40. The fourth-order valence-electron chi connectivity index (χ4n) is 5.17. The Bertz CT molecular complexity index is 1050. The summed E-state index contributed by atoms with van der Waals surface area (Å²) in [4.78, 5) is 12.4. The zero-order chi connectivity index (χ0) is 23.2. The highest BCUT2D eigenvalue weighted by Gasteiger charge is 2.25. The number of amides is 1. The molecule has 174 valence electrons. The van der Waals surface area contributed by atoms with Gasteiger partial charge in [-0.3, -0.25) is 4.79 Å². The molecule has 0 aliphatic heterocycles. The molecule has 3 aromatic rings. The van der Waals surface area contributed by atoms with Crippen molar-refractivity contribution in [2.75, 3.05) is 6.61 Å². The Morgan fingerprint density at radius 1 is 1.03 bits per heavy atom. The molecule has 4 heteroatoms. The second kappa shape index (κ2) is 11.0. The van der Waals surface area contributed by atoms with Crippen molar-refractivity contribution < 1.29 is 9.90 Å². The zero-order valence-electron chi connectivity index (χ0n) is 19.8. The highest BCUT2D eigenvalue weighted by molar-refractivity contribution is 5.94. The van der Waals surface area contributed by atoms with Crippen LogP contribution in [0.15, 0.2) is 66.7 Å². The molecule has 4 atom stereocenters. The van der Waals surface area contributed by atoms with Gasteiger partial charge in [-0.05, 0) is 72.6 Å². The SMILES string of the molecule is CC[C@H](CO)NC(=O)c1ccc(C2CCCC(NC(C)c3cccc4ccccc34)C2)cc1. The summed E-state index contributed by atoms with van der Waals surface area (Å²) in [6.45, 7) is 4.20. The van der Waals surface area contributed by atoms with E-state index in [4.69, 9.17) is 0 Å². The lowest BCUT2D eigenvalue weighted by Gasteiger charge is -2.32. The van der Waals surface area contributed by atoms with Crippen molar-refractivity contribution in [3.05, 3.63) is 83.4 Å². The predicted octanol–water partition coefficient (Wildman–Crippen LogP) is 5.72. The third-order valence-corrected chi connectivity index (χ3v) is 7.14. The fourth-order valence-corrected chi connectivity index (χ4v) is 5.17. The summed E-state index contributed by atoms with van der Waals surface area (Å²) in [6, 6.07) is 23.8. The van der Waals surface area contributed by atoms with Crippen molar-refractivity contribution in [3.8, 4) is 0 Å². The van der Waals surface area contributed by atoms with Gasteiger partial charge in [-0.1, -0.05) is 67.9 Å². The molecule has 4 nitrogen and oxygen atoms in total. The topological polar surface area (TPSA) is 61.4 Å². The minimum Gasteiger partial charge on any atom is -0.394 e. The van der Waals surface area contributed by atoms with Gasteiger partial charge in [-0.15, -0.1) is 0 Å². The van der Waals surface area contributed by atoms with Crippen LogP contribution in [0.1, 0.15) is 79.4 Å². The number of carbonyl (C=O) groups is 1. The van der Waals surface area contributed by atoms with Crippen LogP contribution in [0.3, 0.4) is 0 Å². The van der Waals surface area contributed by atoms with E-state index in [0.29, 0.717) is 30.0 Å². The monoisotopic (exact) mass is 444 g/mol. The van der Waals surface area contributed by atoms with E-state index in [1.54, 1.807) is 0 Å². The maximum atomic E-state index is 12.4. The Morgan fingerprint density at radius 3 is 2.55 bits per heavy atom. The largest absolute Gasteiger partial charge is 0.394 e. The summed E-state index contributed by atoms with van der Waals surface area (Å²) in [5.41, 5.74) is 3.32. The molecule has 3 N–H and O–H groups in total. The van der Waals surface area contributed by atoms with E-state index in [1.165, 1.54) is 41.2 Å². The van der Waals surface area contributed by atoms with Crippen LogP contribution in [0.5, 0.6) is 0 Å². The minimum atomic E-state index is -0.189. The normalized spacial score (nSPS) is 20.3. The van der Waals surface area contributed by atoms with Crippen molar-refractivity contribution >= 4 is 16.7 Å². The number of aliphatic hydroxyl groups excluding tert-OH is 1. The molecule has 0 heterocycles.